The molecule has 73 heavy (non-hydrogen) atoms. The molecule has 2 aliphatic rings. The lowest BCUT2D eigenvalue weighted by Gasteiger charge is -2.28. The normalized spacial score (nSPS) is 17.2. The van der Waals surface area contributed by atoms with Gasteiger partial charge in [0.05, 0.1) is 37.6 Å². The lowest BCUT2D eigenvalue weighted by Crippen LogP contribution is -2.43. The topological polar surface area (TPSA) is 127 Å². The number of hydrogen-bond acceptors (Lipinski definition) is 9. The van der Waals surface area contributed by atoms with Crippen LogP contribution in [0.2, 0.25) is 0 Å². The predicted molar refractivity (Wildman–Crippen MR) is 295 cm³/mol. The molecule has 386 valence electrons. The van der Waals surface area contributed by atoms with E-state index in [2.05, 4.69) is 24.3 Å². The average molecular weight is 1030 g/mol. The highest BCUT2D eigenvalue weighted by Gasteiger charge is 2.45. The smallest absolute Gasteiger partial charge is 0.328 e. The van der Waals surface area contributed by atoms with Crippen LogP contribution in [0.15, 0.2) is 182 Å². The molecule has 0 aliphatic carbocycles. The van der Waals surface area contributed by atoms with Crippen molar-refractivity contribution < 1.29 is 38.4 Å². The molecule has 12 heteroatoms. The van der Waals surface area contributed by atoms with E-state index in [-0.39, 0.29) is 61.5 Å². The Morgan fingerprint density at radius 2 is 0.890 bits per heavy atom. The zero-order chi connectivity index (χ0) is 52.0. The van der Waals surface area contributed by atoms with Crippen LogP contribution in [0.5, 0.6) is 0 Å². The Morgan fingerprint density at radius 3 is 1.26 bits per heavy atom. The molecular formula is C61H72N2O8S2. The Bertz CT molecular complexity index is 2640. The fourth-order valence-electron chi connectivity index (χ4n) is 9.61. The molecule has 2 aliphatic heterocycles. The largest absolute Gasteiger partial charge is 0.467 e. The van der Waals surface area contributed by atoms with Crippen LogP contribution in [0.3, 0.4) is 0 Å². The number of nitrogens with zero attached hydrogens (tertiary/aromatic N) is 2. The standard InChI is InChI=1S/C29H31NO5S.C29H31NO3S.C2H6.CH4/c1-35-29(32)26-19-23(21-36(33,34)18-17-22-11-5-2-6-12-22)20-30(26)28(31)27(24-13-7-3-8-14-24)25-15-9-4-10-16-25;1-33-29(32)26-19-23(21-34-18-17-22-11-5-2-6-12-22)20-30(26)28(31)27(24-13-7-3-8-14-24)25-15-9-4-10-16-25;1-2;/h2-16,23,26-27H,17-21H2,1H3;2-16,23,26-27H,17-21H2,1H3;1-2H3;1H4/t2*23-,26-;;/m00../s1/i;;1D;. The maximum absolute atomic E-state index is 14.0. The number of esters is 2. The quantitative estimate of drug-likeness (QED) is 0.0611. The first-order valence-electron chi connectivity index (χ1n) is 25.3. The number of thioether (sulfide) groups is 1. The van der Waals surface area contributed by atoms with Gasteiger partial charge in [0.1, 0.15) is 12.1 Å². The SMILES string of the molecule is C.COC(=O)[C@@H]1C[C@H](CS(=O)(=O)CCc2ccccc2)CN1C(=O)C(c1ccccc1)c1ccccc1.COC(=O)[C@@H]1C[C@H](CSCCc2ccccc2)CN1C(=O)C(c1ccccc1)c1ccccc1.[2H]CC. The number of rotatable bonds is 18. The number of amides is 2. The second-order valence-electron chi connectivity index (χ2n) is 17.9. The Kier molecular flexibility index (Phi) is 22.4. The lowest BCUT2D eigenvalue weighted by molar-refractivity contribution is -0.151. The molecule has 2 fully saturated rings. The molecule has 6 aromatic carbocycles. The number of ether oxygens (including phenoxy) is 2. The fraction of sp³-hybridized carbons (Fsp3) is 0.344. The van der Waals surface area contributed by atoms with Crippen LogP contribution in [0, 0.1) is 11.8 Å². The molecule has 0 radical (unpaired) electrons. The second kappa shape index (κ2) is 29.3. The number of likely N-dealkylation sites (tertiary alicyclic amines) is 2. The molecule has 8 rings (SSSR count). The number of sulfone groups is 1. The van der Waals surface area contributed by atoms with Crippen molar-refractivity contribution in [3.63, 3.8) is 0 Å². The van der Waals surface area contributed by atoms with E-state index in [9.17, 15) is 27.6 Å². The monoisotopic (exact) mass is 1030 g/mol. The highest BCUT2D eigenvalue weighted by atomic mass is 32.2. The van der Waals surface area contributed by atoms with E-state index in [4.69, 9.17) is 10.8 Å². The Hall–Kier alpha value is -6.50. The molecule has 2 saturated heterocycles. The van der Waals surface area contributed by atoms with Gasteiger partial charge in [-0.25, -0.2) is 18.0 Å². The van der Waals surface area contributed by atoms with Crippen molar-refractivity contribution in [1.82, 2.24) is 9.80 Å². The molecular weight excluding hydrogens is 953 g/mol. The number of carbonyl (C=O) groups excluding carboxylic acids is 4. The summed E-state index contributed by atoms with van der Waals surface area (Å²) in [6.45, 7) is 3.06. The second-order valence-corrected chi connectivity index (χ2v) is 21.3. The molecule has 0 bridgehead atoms. The summed E-state index contributed by atoms with van der Waals surface area (Å²) in [5, 5.41) is 0. The van der Waals surface area contributed by atoms with Gasteiger partial charge in [-0.05, 0) is 82.4 Å². The molecule has 0 unspecified atom stereocenters. The van der Waals surface area contributed by atoms with Crippen molar-refractivity contribution in [3.8, 4) is 0 Å². The Balaban J connectivity index is 0.000000257. The van der Waals surface area contributed by atoms with E-state index < -0.39 is 39.7 Å². The summed E-state index contributed by atoms with van der Waals surface area (Å²) >= 11 is 1.89. The summed E-state index contributed by atoms with van der Waals surface area (Å²) < 4.78 is 42.2. The Labute approximate surface area is 439 Å². The van der Waals surface area contributed by atoms with Gasteiger partial charge in [-0.1, -0.05) is 203 Å². The van der Waals surface area contributed by atoms with E-state index in [1.54, 1.807) is 11.8 Å². The van der Waals surface area contributed by atoms with Crippen LogP contribution in [0.25, 0.3) is 0 Å². The van der Waals surface area contributed by atoms with Gasteiger partial charge in [0, 0.05) is 14.5 Å². The third-order valence-corrected chi connectivity index (χ3v) is 16.1. The number of aryl methyl sites for hydroxylation is 2. The third kappa shape index (κ3) is 16.2. The van der Waals surface area contributed by atoms with Gasteiger partial charge >= 0.3 is 11.9 Å². The molecule has 0 N–H and O–H groups in total. The number of methoxy groups -OCH3 is 2. The van der Waals surface area contributed by atoms with Crippen LogP contribution in [0.4, 0.5) is 0 Å². The minimum absolute atomic E-state index is 0. The van der Waals surface area contributed by atoms with Gasteiger partial charge in [0.2, 0.25) is 11.8 Å². The van der Waals surface area contributed by atoms with Crippen LogP contribution in [0.1, 0.15) is 80.7 Å². The van der Waals surface area contributed by atoms with Gasteiger partial charge in [-0.3, -0.25) is 9.59 Å². The summed E-state index contributed by atoms with van der Waals surface area (Å²) in [5.41, 5.74) is 5.79. The van der Waals surface area contributed by atoms with E-state index in [0.717, 1.165) is 45.7 Å². The molecule has 2 heterocycles. The molecule has 0 aromatic heterocycles. The molecule has 2 amide bonds. The van der Waals surface area contributed by atoms with E-state index in [1.807, 2.05) is 169 Å². The van der Waals surface area contributed by atoms with Gasteiger partial charge < -0.3 is 19.3 Å². The van der Waals surface area contributed by atoms with Crippen LogP contribution in [-0.4, -0.2) is 104 Å². The fourth-order valence-corrected chi connectivity index (χ4v) is 12.4. The first-order chi connectivity index (χ1) is 35.5. The van der Waals surface area contributed by atoms with Gasteiger partial charge in [-0.2, -0.15) is 11.8 Å². The van der Waals surface area contributed by atoms with E-state index in [0.29, 0.717) is 26.3 Å². The predicted octanol–water partition coefficient (Wildman–Crippen LogP) is 10.7. The van der Waals surface area contributed by atoms with Crippen molar-refractivity contribution in [2.45, 2.75) is 70.9 Å². The van der Waals surface area contributed by atoms with Crippen molar-refractivity contribution in [1.29, 1.82) is 0 Å². The summed E-state index contributed by atoms with van der Waals surface area (Å²) in [5.74, 6) is -0.341. The van der Waals surface area contributed by atoms with Crippen molar-refractivity contribution in [2.75, 3.05) is 50.3 Å². The third-order valence-electron chi connectivity index (χ3n) is 13.1. The zero-order valence-corrected chi connectivity index (χ0v) is 43.2. The summed E-state index contributed by atoms with van der Waals surface area (Å²) in [6, 6.07) is 57.1. The van der Waals surface area contributed by atoms with Gasteiger partial charge in [0.25, 0.3) is 0 Å². The zero-order valence-electron chi connectivity index (χ0n) is 42.5. The molecule has 4 atom stereocenters. The molecule has 6 aromatic rings. The highest BCUT2D eigenvalue weighted by molar-refractivity contribution is 7.99. The van der Waals surface area contributed by atoms with Gasteiger partial charge in [0.15, 0.2) is 9.84 Å². The summed E-state index contributed by atoms with van der Waals surface area (Å²) in [7, 11) is -0.689. The number of benzene rings is 6. The molecule has 0 spiro atoms. The number of hydrogen-bond donors (Lipinski definition) is 0. The van der Waals surface area contributed by atoms with Crippen molar-refractivity contribution in [2.24, 2.45) is 11.8 Å². The summed E-state index contributed by atoms with van der Waals surface area (Å²) in [6.07, 6.45) is 2.36. The first-order valence-corrected chi connectivity index (χ1v) is 27.6. The molecule has 0 saturated carbocycles. The summed E-state index contributed by atoms with van der Waals surface area (Å²) in [4.78, 5) is 56.5. The van der Waals surface area contributed by atoms with Crippen LogP contribution in [-0.2, 0) is 51.3 Å². The molecule has 10 nitrogen and oxygen atoms in total. The van der Waals surface area contributed by atoms with Crippen molar-refractivity contribution >= 4 is 45.4 Å². The highest BCUT2D eigenvalue weighted by Crippen LogP contribution is 2.35. The van der Waals surface area contributed by atoms with E-state index >= 15 is 0 Å². The van der Waals surface area contributed by atoms with E-state index in [1.165, 1.54) is 24.7 Å². The maximum Gasteiger partial charge on any atom is 0.328 e. The lowest BCUT2D eigenvalue weighted by atomic mass is 9.90. The minimum Gasteiger partial charge on any atom is -0.467 e. The van der Waals surface area contributed by atoms with Gasteiger partial charge in [-0.15, -0.1) is 0 Å². The first kappa shape index (κ1) is 55.8. The number of carbonyl (C=O) groups is 4. The average Bonchev–Trinajstić information content (AvgIpc) is 4.06. The van der Waals surface area contributed by atoms with Crippen LogP contribution >= 0.6 is 11.8 Å². The minimum atomic E-state index is -3.38. The van der Waals surface area contributed by atoms with Crippen LogP contribution < -0.4 is 0 Å². The van der Waals surface area contributed by atoms with Crippen molar-refractivity contribution in [3.05, 3.63) is 215 Å². The Morgan fingerprint density at radius 1 is 0.562 bits per heavy atom. The maximum atomic E-state index is 14.0.